The molecule has 3 N–H and O–H groups in total. The lowest BCUT2D eigenvalue weighted by molar-refractivity contribution is -0.104. The highest BCUT2D eigenvalue weighted by Crippen LogP contribution is 2.45. The number of allylic oxidation sites excluding steroid dienone is 1. The first-order chi connectivity index (χ1) is 5.18. The van der Waals surface area contributed by atoms with Crippen molar-refractivity contribution < 1.29 is 15.3 Å². The van der Waals surface area contributed by atoms with Gasteiger partial charge < -0.3 is 15.3 Å². The standard InChI is InChI=1S/C8H12O3/c9-7-3-4-1-5(7)6(2-4)8(10)11/h3,5-11H,1-2H2. The predicted octanol–water partition coefficient (Wildman–Crippen LogP) is -0.376. The van der Waals surface area contributed by atoms with Gasteiger partial charge in [0.15, 0.2) is 6.29 Å². The van der Waals surface area contributed by atoms with Gasteiger partial charge in [-0.25, -0.2) is 0 Å². The van der Waals surface area contributed by atoms with Crippen molar-refractivity contribution >= 4 is 0 Å². The van der Waals surface area contributed by atoms with Gasteiger partial charge in [0.05, 0.1) is 6.10 Å². The Kier molecular flexibility index (Phi) is 1.52. The Labute approximate surface area is 65.0 Å². The van der Waals surface area contributed by atoms with Crippen molar-refractivity contribution in [1.82, 2.24) is 0 Å². The van der Waals surface area contributed by atoms with Gasteiger partial charge in [-0.1, -0.05) is 11.6 Å². The van der Waals surface area contributed by atoms with Crippen molar-refractivity contribution in [3.8, 4) is 0 Å². The lowest BCUT2D eigenvalue weighted by atomic mass is 9.89. The van der Waals surface area contributed by atoms with Gasteiger partial charge in [0, 0.05) is 11.8 Å². The molecule has 0 radical (unpaired) electrons. The Balaban J connectivity index is 2.15. The predicted molar refractivity (Wildman–Crippen MR) is 38.5 cm³/mol. The average Bonchev–Trinajstić information content (AvgIpc) is 2.43. The molecule has 0 amide bonds. The zero-order chi connectivity index (χ0) is 8.01. The summed E-state index contributed by atoms with van der Waals surface area (Å²) in [5.74, 6) is -0.0741. The molecule has 3 atom stereocenters. The molecule has 2 aliphatic rings. The van der Waals surface area contributed by atoms with Gasteiger partial charge in [0.2, 0.25) is 0 Å². The number of hydrogen-bond donors (Lipinski definition) is 3. The van der Waals surface area contributed by atoms with Crippen molar-refractivity contribution in [2.75, 3.05) is 0 Å². The van der Waals surface area contributed by atoms with Crippen molar-refractivity contribution in [2.45, 2.75) is 25.2 Å². The van der Waals surface area contributed by atoms with Crippen molar-refractivity contribution in [3.63, 3.8) is 0 Å². The second-order valence-corrected chi connectivity index (χ2v) is 3.47. The molecule has 0 spiro atoms. The monoisotopic (exact) mass is 156 g/mol. The van der Waals surface area contributed by atoms with Crippen molar-refractivity contribution in [3.05, 3.63) is 11.6 Å². The zero-order valence-corrected chi connectivity index (χ0v) is 6.14. The average molecular weight is 156 g/mol. The molecule has 1 saturated carbocycles. The van der Waals surface area contributed by atoms with Crippen LogP contribution in [0.3, 0.4) is 0 Å². The van der Waals surface area contributed by atoms with Crippen LogP contribution in [0.4, 0.5) is 0 Å². The molecule has 3 unspecified atom stereocenters. The first kappa shape index (κ1) is 7.28. The summed E-state index contributed by atoms with van der Waals surface area (Å²) in [6.07, 6.45) is 1.73. The summed E-state index contributed by atoms with van der Waals surface area (Å²) in [5, 5.41) is 27.2. The van der Waals surface area contributed by atoms with Crippen LogP contribution in [-0.4, -0.2) is 27.7 Å². The van der Waals surface area contributed by atoms with Gasteiger partial charge >= 0.3 is 0 Å². The highest BCUT2D eigenvalue weighted by Gasteiger charge is 2.42. The summed E-state index contributed by atoms with van der Waals surface area (Å²) in [6.45, 7) is 0. The number of aliphatic hydroxyl groups is 3. The topological polar surface area (TPSA) is 60.7 Å². The van der Waals surface area contributed by atoms with E-state index in [0.717, 1.165) is 12.8 Å². The first-order valence-corrected chi connectivity index (χ1v) is 3.92. The fourth-order valence-electron chi connectivity index (χ4n) is 2.19. The molecule has 2 rings (SSSR count). The van der Waals surface area contributed by atoms with Gasteiger partial charge in [-0.3, -0.25) is 0 Å². The highest BCUT2D eigenvalue weighted by atomic mass is 16.5. The summed E-state index contributed by atoms with van der Waals surface area (Å²) in [7, 11) is 0. The second-order valence-electron chi connectivity index (χ2n) is 3.47. The molecular weight excluding hydrogens is 144 g/mol. The van der Waals surface area contributed by atoms with Crippen LogP contribution < -0.4 is 0 Å². The highest BCUT2D eigenvalue weighted by molar-refractivity contribution is 5.22. The summed E-state index contributed by atoms with van der Waals surface area (Å²) < 4.78 is 0. The quantitative estimate of drug-likeness (QED) is 0.358. The van der Waals surface area contributed by atoms with Gasteiger partial charge in [-0.05, 0) is 12.8 Å². The van der Waals surface area contributed by atoms with Crippen LogP contribution in [0.25, 0.3) is 0 Å². The summed E-state index contributed by atoms with van der Waals surface area (Å²) in [4.78, 5) is 0. The lowest BCUT2D eigenvalue weighted by Crippen LogP contribution is -2.30. The molecular formula is C8H12O3. The van der Waals surface area contributed by atoms with Crippen LogP contribution in [0.1, 0.15) is 12.8 Å². The van der Waals surface area contributed by atoms with E-state index in [9.17, 15) is 5.11 Å². The Morgan fingerprint density at radius 2 is 2.09 bits per heavy atom. The summed E-state index contributed by atoms with van der Waals surface area (Å²) in [6, 6.07) is 0. The second kappa shape index (κ2) is 2.30. The van der Waals surface area contributed by atoms with E-state index in [1.807, 2.05) is 6.08 Å². The maximum absolute atomic E-state index is 9.34. The molecule has 1 fully saturated rings. The smallest absolute Gasteiger partial charge is 0.154 e. The molecule has 0 aromatic carbocycles. The molecule has 11 heavy (non-hydrogen) atoms. The minimum Gasteiger partial charge on any atom is -0.389 e. The largest absolute Gasteiger partial charge is 0.389 e. The molecule has 3 nitrogen and oxygen atoms in total. The van der Waals surface area contributed by atoms with Crippen LogP contribution in [-0.2, 0) is 0 Å². The number of rotatable bonds is 1. The van der Waals surface area contributed by atoms with E-state index < -0.39 is 12.4 Å². The molecule has 0 aromatic rings. The molecule has 62 valence electrons. The number of hydrogen-bond acceptors (Lipinski definition) is 3. The third kappa shape index (κ3) is 1.00. The Hall–Kier alpha value is -0.380. The van der Waals surface area contributed by atoms with E-state index >= 15 is 0 Å². The third-order valence-electron chi connectivity index (χ3n) is 2.77. The van der Waals surface area contributed by atoms with E-state index in [4.69, 9.17) is 10.2 Å². The van der Waals surface area contributed by atoms with Crippen LogP contribution in [0.5, 0.6) is 0 Å². The van der Waals surface area contributed by atoms with Crippen LogP contribution in [0, 0.1) is 11.8 Å². The molecule has 2 bridgehead atoms. The van der Waals surface area contributed by atoms with Gasteiger partial charge in [0.25, 0.3) is 0 Å². The molecule has 2 aliphatic carbocycles. The number of aliphatic hydroxyl groups excluding tert-OH is 2. The molecule has 0 aromatic heterocycles. The van der Waals surface area contributed by atoms with Gasteiger partial charge in [0.1, 0.15) is 0 Å². The molecule has 0 aliphatic heterocycles. The third-order valence-corrected chi connectivity index (χ3v) is 2.77. The van der Waals surface area contributed by atoms with E-state index in [1.165, 1.54) is 5.57 Å². The SMILES string of the molecule is OC(O)C1CC2=CC(O)C1C2. The van der Waals surface area contributed by atoms with Gasteiger partial charge in [-0.2, -0.15) is 0 Å². The van der Waals surface area contributed by atoms with Gasteiger partial charge in [-0.15, -0.1) is 0 Å². The molecule has 0 saturated heterocycles. The van der Waals surface area contributed by atoms with Crippen molar-refractivity contribution in [2.24, 2.45) is 11.8 Å². The maximum atomic E-state index is 9.34. The minimum absolute atomic E-state index is 0.0602. The van der Waals surface area contributed by atoms with Crippen molar-refractivity contribution in [1.29, 1.82) is 0 Å². The Morgan fingerprint density at radius 3 is 2.45 bits per heavy atom. The zero-order valence-electron chi connectivity index (χ0n) is 6.14. The minimum atomic E-state index is -1.26. The van der Waals surface area contributed by atoms with E-state index in [1.54, 1.807) is 0 Å². The van der Waals surface area contributed by atoms with E-state index in [2.05, 4.69) is 0 Å². The summed E-state index contributed by atoms with van der Waals surface area (Å²) in [5.41, 5.74) is 1.18. The van der Waals surface area contributed by atoms with Crippen LogP contribution >= 0.6 is 0 Å². The van der Waals surface area contributed by atoms with Crippen LogP contribution in [0.15, 0.2) is 11.6 Å². The van der Waals surface area contributed by atoms with E-state index in [0.29, 0.717) is 0 Å². The Bertz CT molecular complexity index is 198. The number of fused-ring (bicyclic) bond motifs is 2. The lowest BCUT2D eigenvalue weighted by Gasteiger charge is -2.24. The molecule has 0 heterocycles. The van der Waals surface area contributed by atoms with E-state index in [-0.39, 0.29) is 11.8 Å². The van der Waals surface area contributed by atoms with Crippen LogP contribution in [0.2, 0.25) is 0 Å². The fraction of sp³-hybridized carbons (Fsp3) is 0.750. The normalized spacial score (nSPS) is 41.8. The Morgan fingerprint density at radius 1 is 1.36 bits per heavy atom. The molecule has 3 heteroatoms. The fourth-order valence-corrected chi connectivity index (χ4v) is 2.19. The summed E-state index contributed by atoms with van der Waals surface area (Å²) >= 11 is 0. The maximum Gasteiger partial charge on any atom is 0.154 e. The first-order valence-electron chi connectivity index (χ1n) is 3.92.